The molecular weight excluding hydrogens is 287 g/mol. The molecule has 0 amide bonds. The fourth-order valence-corrected chi connectivity index (χ4v) is 0. The van der Waals surface area contributed by atoms with Crippen molar-refractivity contribution in [2.45, 2.75) is 0 Å². The third-order valence-electron chi connectivity index (χ3n) is 0. The van der Waals surface area contributed by atoms with Gasteiger partial charge in [-0.05, 0) is 11.0 Å². The summed E-state index contributed by atoms with van der Waals surface area (Å²) in [5.74, 6) is 0. The summed E-state index contributed by atoms with van der Waals surface area (Å²) in [6, 6.07) is 0. The molecule has 0 rings (SSSR count). The van der Waals surface area contributed by atoms with Crippen LogP contribution in [0, 0.1) is 0 Å². The normalized spacial score (nSPS) is 0. The average Bonchev–Trinajstić information content (AvgIpc) is 0. The summed E-state index contributed by atoms with van der Waals surface area (Å²) in [6.07, 6.45) is 0. The minimum atomic E-state index is 0. The zero-order valence-electron chi connectivity index (χ0n) is 5.79. The topological polar surface area (TPSA) is 0 Å². The molecule has 0 saturated heterocycles. The van der Waals surface area contributed by atoms with Gasteiger partial charge in [-0.2, -0.15) is 0 Å². The summed E-state index contributed by atoms with van der Waals surface area (Å²) < 4.78 is 0. The van der Waals surface area contributed by atoms with Crippen LogP contribution in [-0.2, 0) is 17.1 Å². The van der Waals surface area contributed by atoms with Crippen molar-refractivity contribution in [3.63, 3.8) is 0 Å². The summed E-state index contributed by atoms with van der Waals surface area (Å²) in [4.78, 5) is 0. The summed E-state index contributed by atoms with van der Waals surface area (Å²) in [7, 11) is 0. The molecule has 0 unspecified atom stereocenters. The summed E-state index contributed by atoms with van der Waals surface area (Å²) in [5.41, 5.74) is 0. The van der Waals surface area contributed by atoms with Crippen LogP contribution >= 0.6 is 0 Å². The largest absolute Gasteiger partial charge is 2.00 e. The Bertz CT molecular complexity index is 20.5. The van der Waals surface area contributed by atoms with Gasteiger partial charge in [-0.15, -0.1) is 0 Å². The molecule has 29 valence electrons. The fraction of sp³-hybridized carbons (Fsp3) is 0. The molecule has 0 fully saturated rings. The molecule has 0 aromatic carbocycles. The van der Waals surface area contributed by atoms with Gasteiger partial charge in [0.15, 0.2) is 17.4 Å². The van der Waals surface area contributed by atoms with Crippen LogP contribution in [0.4, 0.5) is 0 Å². The molecule has 5 heavy (non-hydrogen) atoms. The number of hydrogen-bond donors (Lipinski definition) is 0. The van der Waals surface area contributed by atoms with Crippen molar-refractivity contribution >= 4 is 115 Å². The Morgan fingerprint density at radius 3 is 1.20 bits per heavy atom. The second kappa shape index (κ2) is 24.3. The molecule has 0 aliphatic carbocycles. The molecule has 0 bridgehead atoms. The first kappa shape index (κ1) is 35.5. The minimum absolute atomic E-state index is 0. The zero-order chi connectivity index (χ0) is 0. The van der Waals surface area contributed by atoms with E-state index in [0.29, 0.717) is 0 Å². The second-order valence-electron chi connectivity index (χ2n) is 0. The first-order chi connectivity index (χ1) is 0. The van der Waals surface area contributed by atoms with Crippen LogP contribution in [0.5, 0.6) is 0 Å². The van der Waals surface area contributed by atoms with Crippen LogP contribution < -0.4 is 0 Å². The van der Waals surface area contributed by atoms with Gasteiger partial charge < -0.3 is 5.71 Å². The first-order valence-electron chi connectivity index (χ1n) is 0. The molecule has 5 heteroatoms. The van der Waals surface area contributed by atoms with Gasteiger partial charge >= 0.3 is 86.6 Å². The Morgan fingerprint density at radius 2 is 1.20 bits per heavy atom. The van der Waals surface area contributed by atoms with Crippen LogP contribution in [-0.4, -0.2) is 115 Å². The molecular formula is H11AlBaCaMnSi. The van der Waals surface area contributed by atoms with Crippen molar-refractivity contribution in [1.29, 1.82) is 0 Å². The first-order valence-corrected chi connectivity index (χ1v) is 0. The third-order valence-corrected chi connectivity index (χ3v) is 0. The molecule has 0 aromatic rings. The molecule has 0 saturated carbocycles. The van der Waals surface area contributed by atoms with Crippen molar-refractivity contribution in [1.82, 2.24) is 0 Å². The van der Waals surface area contributed by atoms with Crippen molar-refractivity contribution in [3.05, 3.63) is 0 Å². The van der Waals surface area contributed by atoms with E-state index < -0.39 is 0 Å². The van der Waals surface area contributed by atoms with E-state index in [1.54, 1.807) is 0 Å². The molecule has 0 aliphatic heterocycles. The van der Waals surface area contributed by atoms with Crippen molar-refractivity contribution in [2.75, 3.05) is 0 Å². The summed E-state index contributed by atoms with van der Waals surface area (Å²) in [6.45, 7) is 0. The molecule has 1 radical (unpaired) electrons. The third kappa shape index (κ3) is 17.9. The summed E-state index contributed by atoms with van der Waals surface area (Å²) >= 11 is 0. The Morgan fingerprint density at radius 1 is 1.20 bits per heavy atom. The van der Waals surface area contributed by atoms with Crippen LogP contribution in [0.3, 0.4) is 0 Å². The number of rotatable bonds is 0. The van der Waals surface area contributed by atoms with Gasteiger partial charge in [0.25, 0.3) is 0 Å². The van der Waals surface area contributed by atoms with Crippen molar-refractivity contribution < 1.29 is 22.8 Å². The molecule has 0 spiro atoms. The standard InChI is InChI=1S/Al.Ba.Ca.Mn.H4Si.7H/h;;;;1H4;;;;;;;/q;2*+2;;;;;;4*-1. The summed E-state index contributed by atoms with van der Waals surface area (Å²) in [5, 5.41) is 0. The Balaban J connectivity index is 0. The maximum Gasteiger partial charge on any atom is 2.00 e. The molecule has 0 heterocycles. The predicted octanol–water partition coefficient (Wildman–Crippen LogP) is -2.95. The van der Waals surface area contributed by atoms with Crippen molar-refractivity contribution in [3.8, 4) is 0 Å². The molecule has 0 N–H and O–H groups in total. The van der Waals surface area contributed by atoms with E-state index in [4.69, 9.17) is 0 Å². The zero-order valence-corrected chi connectivity index (χ0v) is 9.62. The van der Waals surface area contributed by atoms with E-state index in [1.165, 1.54) is 0 Å². The minimum Gasteiger partial charge on any atom is -1.00 e. The van der Waals surface area contributed by atoms with Gasteiger partial charge in [0, 0.05) is 17.1 Å². The van der Waals surface area contributed by atoms with Gasteiger partial charge in [-0.25, -0.2) is 0 Å². The van der Waals surface area contributed by atoms with E-state index in [0.717, 1.165) is 0 Å². The molecule has 0 atom stereocenters. The Hall–Kier alpha value is 4.10. The SMILES string of the molecule is [AlH3].[Ba+2].[Ca+2].[H-].[H-].[H-].[H-].[Mn].[SiH4]. The monoisotopic (exact) mass is 299 g/mol. The molecule has 0 nitrogen and oxygen atoms in total. The van der Waals surface area contributed by atoms with Crippen LogP contribution in [0.15, 0.2) is 0 Å². The Labute approximate surface area is 134 Å². The van der Waals surface area contributed by atoms with E-state index in [-0.39, 0.29) is 138 Å². The fourth-order valence-electron chi connectivity index (χ4n) is 0. The second-order valence-corrected chi connectivity index (χ2v) is 0. The van der Waals surface area contributed by atoms with Crippen LogP contribution in [0.2, 0.25) is 0 Å². The maximum atomic E-state index is 0. The average molecular weight is 299 g/mol. The van der Waals surface area contributed by atoms with Crippen LogP contribution in [0.1, 0.15) is 5.71 Å². The smallest absolute Gasteiger partial charge is 1.00 e. The predicted molar refractivity (Wildman–Crippen MR) is 37.2 cm³/mol. The van der Waals surface area contributed by atoms with E-state index in [9.17, 15) is 0 Å². The van der Waals surface area contributed by atoms with Crippen molar-refractivity contribution in [2.24, 2.45) is 0 Å². The molecule has 0 aromatic heterocycles. The van der Waals surface area contributed by atoms with Gasteiger partial charge in [0.05, 0.1) is 0 Å². The van der Waals surface area contributed by atoms with Gasteiger partial charge in [-0.1, -0.05) is 0 Å². The number of hydrogen-bond acceptors (Lipinski definition) is 0. The Kier molecular flexibility index (Phi) is 173. The van der Waals surface area contributed by atoms with E-state index in [2.05, 4.69) is 0 Å². The quantitative estimate of drug-likeness (QED) is 0.420. The van der Waals surface area contributed by atoms with Crippen LogP contribution in [0.25, 0.3) is 0 Å². The maximum absolute atomic E-state index is 0. The van der Waals surface area contributed by atoms with E-state index in [1.807, 2.05) is 0 Å². The van der Waals surface area contributed by atoms with Gasteiger partial charge in [-0.3, -0.25) is 0 Å². The van der Waals surface area contributed by atoms with Gasteiger partial charge in [0.1, 0.15) is 0 Å². The molecule has 0 aliphatic rings. The van der Waals surface area contributed by atoms with Gasteiger partial charge in [0.2, 0.25) is 0 Å². The van der Waals surface area contributed by atoms with E-state index >= 15 is 0 Å².